The Morgan fingerprint density at radius 3 is 2.96 bits per heavy atom. The van der Waals surface area contributed by atoms with Crippen LogP contribution in [0.25, 0.3) is 11.0 Å². The third kappa shape index (κ3) is 3.58. The van der Waals surface area contributed by atoms with Crippen LogP contribution in [0.3, 0.4) is 0 Å². The third-order valence-electron chi connectivity index (χ3n) is 4.10. The number of amides is 1. The summed E-state index contributed by atoms with van der Waals surface area (Å²) in [6, 6.07) is 1.22. The predicted molar refractivity (Wildman–Crippen MR) is 93.7 cm³/mol. The molecule has 3 heterocycles. The Kier molecular flexibility index (Phi) is 4.89. The molecule has 1 aliphatic rings. The lowest BCUT2D eigenvalue weighted by atomic mass is 10.0. The lowest BCUT2D eigenvalue weighted by Crippen LogP contribution is -2.49. The highest BCUT2D eigenvalue weighted by molar-refractivity contribution is 9.10. The predicted octanol–water partition coefficient (Wildman–Crippen LogP) is 2.08. The van der Waals surface area contributed by atoms with E-state index in [-0.39, 0.29) is 31.0 Å². The fourth-order valence-electron chi connectivity index (χ4n) is 2.97. The number of piperidine rings is 1. The molecule has 1 saturated heterocycles. The first-order valence-corrected chi connectivity index (χ1v) is 8.63. The zero-order valence-electron chi connectivity index (χ0n) is 13.4. The van der Waals surface area contributed by atoms with Gasteiger partial charge in [0.15, 0.2) is 0 Å². The highest BCUT2D eigenvalue weighted by atomic mass is 79.9. The molecule has 1 aliphatic heterocycles. The Labute approximate surface area is 150 Å². The molecule has 0 aromatic carbocycles. The minimum Gasteiger partial charge on any atom is -0.465 e. The molecule has 3 rings (SSSR count). The molecule has 0 unspecified atom stereocenters. The van der Waals surface area contributed by atoms with Gasteiger partial charge in [-0.05, 0) is 28.9 Å². The van der Waals surface area contributed by atoms with Gasteiger partial charge in [0.05, 0.1) is 11.0 Å². The van der Waals surface area contributed by atoms with E-state index >= 15 is 0 Å². The van der Waals surface area contributed by atoms with E-state index in [0.717, 1.165) is 4.90 Å². The molecule has 1 fully saturated rings. The number of carboxylic acid groups (broad SMARTS) is 1. The highest BCUT2D eigenvalue weighted by Crippen LogP contribution is 2.19. The minimum atomic E-state index is -1.24. The molecule has 134 valence electrons. The second kappa shape index (κ2) is 6.95. The van der Waals surface area contributed by atoms with Crippen LogP contribution in [-0.2, 0) is 6.54 Å². The summed E-state index contributed by atoms with van der Waals surface area (Å²) in [4.78, 5) is 32.9. The number of nitrogens with zero attached hydrogens (tertiary/aromatic N) is 4. The van der Waals surface area contributed by atoms with Gasteiger partial charge >= 0.3 is 6.09 Å². The van der Waals surface area contributed by atoms with Crippen molar-refractivity contribution in [2.75, 3.05) is 18.4 Å². The molecule has 0 saturated carbocycles. The Bertz CT molecular complexity index is 874. The normalized spacial score (nSPS) is 20.7. The van der Waals surface area contributed by atoms with Crippen LogP contribution in [-0.4, -0.2) is 55.9 Å². The van der Waals surface area contributed by atoms with Gasteiger partial charge in [-0.25, -0.2) is 14.2 Å². The molecule has 2 aromatic heterocycles. The number of likely N-dealkylation sites (tertiary alicyclic amines) is 1. The number of hydrogen-bond donors (Lipinski definition) is 2. The quantitative estimate of drug-likeness (QED) is 0.798. The van der Waals surface area contributed by atoms with E-state index < -0.39 is 18.3 Å². The standard InChI is InChI=1S/C15H17BrFN5O3/c1-2-22-12-8(3-11(16)13(22)23)5-18-14(20-12)19-10-4-9(17)6-21(7-10)15(24)25/h3,5,9-10H,2,4,6-7H2,1H3,(H,24,25)(H,18,19,20)/t9-,10-/m0/s1. The number of nitrogens with one attached hydrogen (secondary N) is 1. The molecule has 0 aliphatic carbocycles. The maximum atomic E-state index is 13.8. The Balaban J connectivity index is 1.90. The third-order valence-corrected chi connectivity index (χ3v) is 4.67. The fraction of sp³-hybridized carbons (Fsp3) is 0.467. The van der Waals surface area contributed by atoms with E-state index in [1.165, 1.54) is 4.57 Å². The molecule has 0 bridgehead atoms. The summed E-state index contributed by atoms with van der Waals surface area (Å²) >= 11 is 3.23. The first-order chi connectivity index (χ1) is 11.9. The largest absolute Gasteiger partial charge is 0.465 e. The van der Waals surface area contributed by atoms with Gasteiger partial charge in [0, 0.05) is 37.1 Å². The molecular weight excluding hydrogens is 397 g/mol. The maximum Gasteiger partial charge on any atom is 0.407 e. The summed E-state index contributed by atoms with van der Waals surface area (Å²) in [5.74, 6) is 0.237. The van der Waals surface area contributed by atoms with Crippen molar-refractivity contribution in [3.05, 3.63) is 27.1 Å². The number of anilines is 1. The van der Waals surface area contributed by atoms with Gasteiger partial charge in [0.2, 0.25) is 5.95 Å². The number of pyridine rings is 1. The van der Waals surface area contributed by atoms with E-state index in [0.29, 0.717) is 22.1 Å². The van der Waals surface area contributed by atoms with Crippen molar-refractivity contribution < 1.29 is 14.3 Å². The van der Waals surface area contributed by atoms with E-state index in [1.807, 2.05) is 6.92 Å². The summed E-state index contributed by atoms with van der Waals surface area (Å²) in [5, 5.41) is 12.7. The lowest BCUT2D eigenvalue weighted by molar-refractivity contribution is 0.102. The van der Waals surface area contributed by atoms with E-state index in [2.05, 4.69) is 31.2 Å². The molecule has 10 heteroatoms. The van der Waals surface area contributed by atoms with Crippen molar-refractivity contribution in [1.82, 2.24) is 19.4 Å². The van der Waals surface area contributed by atoms with Gasteiger partial charge < -0.3 is 15.3 Å². The van der Waals surface area contributed by atoms with Crippen LogP contribution < -0.4 is 10.9 Å². The SMILES string of the molecule is CCn1c(=O)c(Br)cc2cnc(N[C@H]3C[C@H](F)CN(C(=O)O)C3)nc21. The summed E-state index contributed by atoms with van der Waals surface area (Å²) in [5.41, 5.74) is 0.272. The average Bonchev–Trinajstić information content (AvgIpc) is 2.56. The molecule has 2 aromatic rings. The molecule has 8 nitrogen and oxygen atoms in total. The van der Waals surface area contributed by atoms with Crippen molar-refractivity contribution in [2.24, 2.45) is 0 Å². The van der Waals surface area contributed by atoms with Gasteiger partial charge in [-0.3, -0.25) is 9.36 Å². The number of aryl methyl sites for hydroxylation is 1. The number of alkyl halides is 1. The van der Waals surface area contributed by atoms with Gasteiger partial charge in [-0.1, -0.05) is 0 Å². The molecule has 1 amide bonds. The Hall–Kier alpha value is -2.23. The molecule has 2 N–H and O–H groups in total. The Morgan fingerprint density at radius 2 is 2.28 bits per heavy atom. The second-order valence-corrected chi connectivity index (χ2v) is 6.73. The maximum absolute atomic E-state index is 13.8. The number of hydrogen-bond acceptors (Lipinski definition) is 5. The Morgan fingerprint density at radius 1 is 1.52 bits per heavy atom. The minimum absolute atomic E-state index is 0.129. The topological polar surface area (TPSA) is 100 Å². The van der Waals surface area contributed by atoms with Gasteiger partial charge in [-0.2, -0.15) is 4.98 Å². The molecule has 0 radical (unpaired) electrons. The first kappa shape index (κ1) is 17.6. The summed E-state index contributed by atoms with van der Waals surface area (Å²) in [7, 11) is 0. The van der Waals surface area contributed by atoms with Crippen LogP contribution in [0.5, 0.6) is 0 Å². The van der Waals surface area contributed by atoms with Crippen LogP contribution >= 0.6 is 15.9 Å². The van der Waals surface area contributed by atoms with Crippen LogP contribution in [0.1, 0.15) is 13.3 Å². The number of rotatable bonds is 3. The summed E-state index contributed by atoms with van der Waals surface area (Å²) in [6.07, 6.45) is -0.650. The summed E-state index contributed by atoms with van der Waals surface area (Å²) < 4.78 is 15.7. The van der Waals surface area contributed by atoms with Gasteiger partial charge in [-0.15, -0.1) is 0 Å². The monoisotopic (exact) mass is 413 g/mol. The molecule has 25 heavy (non-hydrogen) atoms. The van der Waals surface area contributed by atoms with E-state index in [1.54, 1.807) is 12.3 Å². The first-order valence-electron chi connectivity index (χ1n) is 7.83. The van der Waals surface area contributed by atoms with E-state index in [9.17, 15) is 14.0 Å². The van der Waals surface area contributed by atoms with Gasteiger partial charge in [0.25, 0.3) is 5.56 Å². The summed E-state index contributed by atoms with van der Waals surface area (Å²) in [6.45, 7) is 2.30. The van der Waals surface area contributed by atoms with Crippen molar-refractivity contribution in [3.8, 4) is 0 Å². The van der Waals surface area contributed by atoms with Crippen molar-refractivity contribution in [1.29, 1.82) is 0 Å². The van der Waals surface area contributed by atoms with Crippen molar-refractivity contribution in [3.63, 3.8) is 0 Å². The zero-order chi connectivity index (χ0) is 18.1. The van der Waals surface area contributed by atoms with Crippen LogP contribution in [0.15, 0.2) is 21.5 Å². The zero-order valence-corrected chi connectivity index (χ0v) is 15.0. The number of aromatic nitrogens is 3. The van der Waals surface area contributed by atoms with E-state index in [4.69, 9.17) is 5.11 Å². The fourth-order valence-corrected chi connectivity index (χ4v) is 3.43. The molecular formula is C15H17BrFN5O3. The average molecular weight is 414 g/mol. The van der Waals surface area contributed by atoms with Crippen molar-refractivity contribution in [2.45, 2.75) is 32.1 Å². The molecule has 0 spiro atoms. The van der Waals surface area contributed by atoms with Crippen LogP contribution in [0.4, 0.5) is 15.1 Å². The number of fused-ring (bicyclic) bond motifs is 1. The molecule has 2 atom stereocenters. The van der Waals surface area contributed by atoms with Crippen LogP contribution in [0.2, 0.25) is 0 Å². The second-order valence-electron chi connectivity index (χ2n) is 5.88. The van der Waals surface area contributed by atoms with Crippen molar-refractivity contribution >= 4 is 39.0 Å². The lowest BCUT2D eigenvalue weighted by Gasteiger charge is -2.33. The highest BCUT2D eigenvalue weighted by Gasteiger charge is 2.30. The number of halogens is 2. The number of carbonyl (C=O) groups is 1. The van der Waals surface area contributed by atoms with Gasteiger partial charge in [0.1, 0.15) is 11.8 Å². The van der Waals surface area contributed by atoms with Crippen LogP contribution in [0, 0.1) is 0 Å². The smallest absolute Gasteiger partial charge is 0.407 e.